The van der Waals surface area contributed by atoms with Gasteiger partial charge in [-0.15, -0.1) is 0 Å². The van der Waals surface area contributed by atoms with Gasteiger partial charge in [0.25, 0.3) is 0 Å². The van der Waals surface area contributed by atoms with Gasteiger partial charge in [-0.1, -0.05) is 0 Å². The van der Waals surface area contributed by atoms with Crippen molar-refractivity contribution in [3.63, 3.8) is 0 Å². The smallest absolute Gasteiger partial charge is 0.193 e. The quantitative estimate of drug-likeness (QED) is 0.785. The van der Waals surface area contributed by atoms with E-state index in [2.05, 4.69) is 0 Å². The average molecular weight is 186 g/mol. The van der Waals surface area contributed by atoms with Gasteiger partial charge < -0.3 is 10.2 Å². The van der Waals surface area contributed by atoms with Crippen molar-refractivity contribution in [2.75, 3.05) is 6.54 Å². The maximum Gasteiger partial charge on any atom is 0.193 e. The van der Waals surface area contributed by atoms with Crippen LogP contribution >= 0.6 is 11.6 Å². The van der Waals surface area contributed by atoms with Crippen LogP contribution in [0.4, 0.5) is 0 Å². The number of hydrogen-bond acceptors (Lipinski definition) is 2. The molecule has 0 amide bonds. The molecule has 0 aliphatic heterocycles. The molecule has 66 valence electrons. The van der Waals surface area contributed by atoms with Crippen LogP contribution in [0.5, 0.6) is 0 Å². The van der Waals surface area contributed by atoms with Crippen molar-refractivity contribution in [1.29, 1.82) is 0 Å². The molecule has 1 saturated carbocycles. The Morgan fingerprint density at radius 1 is 1.50 bits per heavy atom. The standard InChI is InChI=1S/C9H12ClNO/c10-8-2-1-7(12-8)5-9(6-11)3-4-9/h1-2H,3-6,11H2. The minimum absolute atomic E-state index is 0.335. The summed E-state index contributed by atoms with van der Waals surface area (Å²) >= 11 is 5.65. The highest BCUT2D eigenvalue weighted by molar-refractivity contribution is 6.28. The molecule has 1 fully saturated rings. The molecule has 1 aliphatic rings. The van der Waals surface area contributed by atoms with Crippen molar-refractivity contribution in [2.45, 2.75) is 19.3 Å². The third-order valence-corrected chi connectivity index (χ3v) is 2.77. The molecule has 12 heavy (non-hydrogen) atoms. The normalized spacial score (nSPS) is 19.5. The third-order valence-electron chi connectivity index (χ3n) is 2.57. The molecule has 0 spiro atoms. The second kappa shape index (κ2) is 2.79. The molecule has 0 bridgehead atoms. The minimum Gasteiger partial charge on any atom is -0.450 e. The van der Waals surface area contributed by atoms with Gasteiger partial charge in [0, 0.05) is 6.42 Å². The summed E-state index contributed by atoms with van der Waals surface area (Å²) in [5.41, 5.74) is 5.98. The highest BCUT2D eigenvalue weighted by Crippen LogP contribution is 2.47. The second-order valence-corrected chi connectivity index (χ2v) is 3.96. The molecule has 2 rings (SSSR count). The highest BCUT2D eigenvalue weighted by Gasteiger charge is 2.41. The lowest BCUT2D eigenvalue weighted by Gasteiger charge is -2.08. The fraction of sp³-hybridized carbons (Fsp3) is 0.556. The molecule has 2 nitrogen and oxygen atoms in total. The molecule has 3 heteroatoms. The zero-order valence-electron chi connectivity index (χ0n) is 6.85. The Morgan fingerprint density at radius 2 is 2.25 bits per heavy atom. The number of furan rings is 1. The van der Waals surface area contributed by atoms with E-state index in [0.717, 1.165) is 18.7 Å². The van der Waals surface area contributed by atoms with Crippen molar-refractivity contribution in [2.24, 2.45) is 11.1 Å². The summed E-state index contributed by atoms with van der Waals surface area (Å²) in [5.74, 6) is 0.961. The summed E-state index contributed by atoms with van der Waals surface area (Å²) < 4.78 is 5.27. The molecule has 1 aliphatic carbocycles. The molecular formula is C9H12ClNO. The summed E-state index contributed by atoms with van der Waals surface area (Å²) in [4.78, 5) is 0. The first-order valence-corrected chi connectivity index (χ1v) is 4.56. The Kier molecular flexibility index (Phi) is 1.89. The van der Waals surface area contributed by atoms with E-state index in [4.69, 9.17) is 21.8 Å². The van der Waals surface area contributed by atoms with Gasteiger partial charge in [0.15, 0.2) is 5.22 Å². The van der Waals surface area contributed by atoms with E-state index in [0.29, 0.717) is 10.6 Å². The summed E-state index contributed by atoms with van der Waals surface area (Å²) in [6.07, 6.45) is 3.39. The Morgan fingerprint density at radius 3 is 2.67 bits per heavy atom. The Labute approximate surface area is 76.7 Å². The Bertz CT molecular complexity index is 278. The zero-order valence-corrected chi connectivity index (χ0v) is 7.60. The first-order chi connectivity index (χ1) is 5.74. The molecule has 1 aromatic heterocycles. The summed E-state index contributed by atoms with van der Waals surface area (Å²) in [7, 11) is 0. The number of halogens is 1. The Balaban J connectivity index is 2.04. The van der Waals surface area contributed by atoms with E-state index >= 15 is 0 Å². The lowest BCUT2D eigenvalue weighted by Crippen LogP contribution is -2.17. The topological polar surface area (TPSA) is 39.2 Å². The molecule has 1 heterocycles. The SMILES string of the molecule is NCC1(Cc2ccc(Cl)o2)CC1. The van der Waals surface area contributed by atoms with Crippen LogP contribution < -0.4 is 5.73 Å². The molecule has 0 radical (unpaired) electrons. The van der Waals surface area contributed by atoms with Crippen molar-refractivity contribution in [1.82, 2.24) is 0 Å². The van der Waals surface area contributed by atoms with Gasteiger partial charge in [0.05, 0.1) is 0 Å². The number of hydrogen-bond donors (Lipinski definition) is 1. The van der Waals surface area contributed by atoms with Crippen LogP contribution in [0.3, 0.4) is 0 Å². The first kappa shape index (κ1) is 8.14. The van der Waals surface area contributed by atoms with Crippen LogP contribution in [0, 0.1) is 5.41 Å². The second-order valence-electron chi connectivity index (χ2n) is 3.59. The van der Waals surface area contributed by atoms with E-state index in [1.807, 2.05) is 6.07 Å². The summed E-state index contributed by atoms with van der Waals surface area (Å²) in [5, 5.41) is 0.470. The first-order valence-electron chi connectivity index (χ1n) is 4.18. The van der Waals surface area contributed by atoms with E-state index in [1.165, 1.54) is 12.8 Å². The molecule has 0 saturated heterocycles. The lowest BCUT2D eigenvalue weighted by atomic mass is 10.0. The predicted octanol–water partition coefficient (Wildman–Crippen LogP) is 2.21. The third kappa shape index (κ3) is 1.50. The lowest BCUT2D eigenvalue weighted by molar-refractivity contribution is 0.431. The van der Waals surface area contributed by atoms with Gasteiger partial charge in [0.1, 0.15) is 5.76 Å². The maximum atomic E-state index is 5.65. The van der Waals surface area contributed by atoms with E-state index < -0.39 is 0 Å². The van der Waals surface area contributed by atoms with E-state index in [-0.39, 0.29) is 0 Å². The van der Waals surface area contributed by atoms with Crippen LogP contribution in [0.15, 0.2) is 16.5 Å². The van der Waals surface area contributed by atoms with Gasteiger partial charge in [-0.05, 0) is 48.5 Å². The fourth-order valence-electron chi connectivity index (χ4n) is 1.45. The molecule has 2 N–H and O–H groups in total. The van der Waals surface area contributed by atoms with Crippen molar-refractivity contribution < 1.29 is 4.42 Å². The van der Waals surface area contributed by atoms with Gasteiger partial charge in [-0.25, -0.2) is 0 Å². The van der Waals surface area contributed by atoms with Gasteiger partial charge in [-0.3, -0.25) is 0 Å². The maximum absolute atomic E-state index is 5.65. The van der Waals surface area contributed by atoms with Crippen LogP contribution in [0.1, 0.15) is 18.6 Å². The summed E-state index contributed by atoms with van der Waals surface area (Å²) in [6.45, 7) is 0.755. The number of nitrogens with two attached hydrogens (primary N) is 1. The van der Waals surface area contributed by atoms with E-state index in [9.17, 15) is 0 Å². The molecule has 0 unspecified atom stereocenters. The number of rotatable bonds is 3. The summed E-state index contributed by atoms with van der Waals surface area (Å²) in [6, 6.07) is 3.71. The van der Waals surface area contributed by atoms with Crippen molar-refractivity contribution in [3.8, 4) is 0 Å². The van der Waals surface area contributed by atoms with Crippen molar-refractivity contribution in [3.05, 3.63) is 23.1 Å². The van der Waals surface area contributed by atoms with Crippen LogP contribution in [-0.4, -0.2) is 6.54 Å². The molecule has 1 aromatic rings. The highest BCUT2D eigenvalue weighted by atomic mass is 35.5. The van der Waals surface area contributed by atoms with Gasteiger partial charge >= 0.3 is 0 Å². The molecular weight excluding hydrogens is 174 g/mol. The van der Waals surface area contributed by atoms with Crippen LogP contribution in [0.25, 0.3) is 0 Å². The fourth-order valence-corrected chi connectivity index (χ4v) is 1.61. The predicted molar refractivity (Wildman–Crippen MR) is 48.1 cm³/mol. The van der Waals surface area contributed by atoms with Gasteiger partial charge in [0.2, 0.25) is 0 Å². The Hall–Kier alpha value is -0.470. The monoisotopic (exact) mass is 185 g/mol. The van der Waals surface area contributed by atoms with Crippen LogP contribution in [-0.2, 0) is 6.42 Å². The largest absolute Gasteiger partial charge is 0.450 e. The average Bonchev–Trinajstić information content (AvgIpc) is 2.71. The minimum atomic E-state index is 0.335. The van der Waals surface area contributed by atoms with Crippen molar-refractivity contribution >= 4 is 11.6 Å². The molecule has 0 aromatic carbocycles. The zero-order chi connectivity index (χ0) is 8.60. The van der Waals surface area contributed by atoms with Crippen LogP contribution in [0.2, 0.25) is 5.22 Å². The van der Waals surface area contributed by atoms with E-state index in [1.54, 1.807) is 6.07 Å². The molecule has 0 atom stereocenters. The van der Waals surface area contributed by atoms with Gasteiger partial charge in [-0.2, -0.15) is 0 Å².